The lowest BCUT2D eigenvalue weighted by Gasteiger charge is -2.03. The highest BCUT2D eigenvalue weighted by molar-refractivity contribution is 7.85. The lowest BCUT2D eigenvalue weighted by Crippen LogP contribution is -2.23. The summed E-state index contributed by atoms with van der Waals surface area (Å²) in [4.78, 5) is 11.6. The van der Waals surface area contributed by atoms with E-state index in [1.165, 1.54) is 24.3 Å². The molecule has 8 heteroatoms. The van der Waals surface area contributed by atoms with Crippen molar-refractivity contribution in [2.24, 2.45) is 10.2 Å². The standard InChI is InChI=1S/C16H17N3O4S/c1-2-11-17-16(20)12-3-5-13(6-4-12)18-19-14-7-9-15(10-8-14)24(21,22)23/h3-10H,2,11H2,1H3,(H,17,20)(H,21,22,23). The van der Waals surface area contributed by atoms with E-state index in [4.69, 9.17) is 4.55 Å². The minimum atomic E-state index is -4.22. The highest BCUT2D eigenvalue weighted by Gasteiger charge is 2.08. The van der Waals surface area contributed by atoms with E-state index < -0.39 is 10.1 Å². The SMILES string of the molecule is CCCNC(=O)c1ccc(N=Nc2ccc(S(=O)(=O)O)cc2)cc1. The van der Waals surface area contributed by atoms with Crippen LogP contribution in [0, 0.1) is 0 Å². The third kappa shape index (κ3) is 4.97. The molecular formula is C16H17N3O4S. The zero-order chi connectivity index (χ0) is 17.6. The molecule has 0 radical (unpaired) electrons. The third-order valence-electron chi connectivity index (χ3n) is 3.08. The molecule has 1 amide bonds. The van der Waals surface area contributed by atoms with Crippen LogP contribution in [0.3, 0.4) is 0 Å². The number of hydrogen-bond acceptors (Lipinski definition) is 5. The van der Waals surface area contributed by atoms with Gasteiger partial charge >= 0.3 is 0 Å². The summed E-state index contributed by atoms with van der Waals surface area (Å²) in [7, 11) is -4.22. The number of carbonyl (C=O) groups excluding carboxylic acids is 1. The molecule has 0 aromatic heterocycles. The van der Waals surface area contributed by atoms with Gasteiger partial charge < -0.3 is 5.32 Å². The summed E-state index contributed by atoms with van der Waals surface area (Å²) in [5.74, 6) is -0.138. The molecule has 126 valence electrons. The molecule has 0 saturated heterocycles. The molecule has 24 heavy (non-hydrogen) atoms. The van der Waals surface area contributed by atoms with Crippen molar-refractivity contribution >= 4 is 27.4 Å². The van der Waals surface area contributed by atoms with E-state index in [0.717, 1.165) is 6.42 Å². The summed E-state index contributed by atoms with van der Waals surface area (Å²) >= 11 is 0. The van der Waals surface area contributed by atoms with Gasteiger partial charge in [0.2, 0.25) is 0 Å². The predicted molar refractivity (Wildman–Crippen MR) is 89.5 cm³/mol. The fourth-order valence-electron chi connectivity index (χ4n) is 1.82. The van der Waals surface area contributed by atoms with Crippen molar-refractivity contribution in [2.45, 2.75) is 18.2 Å². The molecule has 0 unspecified atom stereocenters. The first-order valence-corrected chi connectivity index (χ1v) is 8.71. The molecule has 2 N–H and O–H groups in total. The van der Waals surface area contributed by atoms with Gasteiger partial charge in [-0.3, -0.25) is 9.35 Å². The second kappa shape index (κ2) is 7.80. The molecule has 0 heterocycles. The molecule has 0 aliphatic rings. The Morgan fingerprint density at radius 1 is 1.00 bits per heavy atom. The minimum Gasteiger partial charge on any atom is -0.352 e. The van der Waals surface area contributed by atoms with Crippen LogP contribution in [-0.2, 0) is 10.1 Å². The number of nitrogens with one attached hydrogen (secondary N) is 1. The fourth-order valence-corrected chi connectivity index (χ4v) is 2.30. The molecule has 2 aromatic carbocycles. The number of azo groups is 1. The summed E-state index contributed by atoms with van der Waals surface area (Å²) in [6, 6.07) is 12.0. The average molecular weight is 347 g/mol. The number of amides is 1. The Balaban J connectivity index is 2.05. The van der Waals surface area contributed by atoms with E-state index >= 15 is 0 Å². The number of carbonyl (C=O) groups is 1. The zero-order valence-electron chi connectivity index (χ0n) is 13.0. The van der Waals surface area contributed by atoms with Crippen LogP contribution in [0.5, 0.6) is 0 Å². The topological polar surface area (TPSA) is 108 Å². The summed E-state index contributed by atoms with van der Waals surface area (Å²) in [5, 5.41) is 10.8. The van der Waals surface area contributed by atoms with Gasteiger partial charge in [0.15, 0.2) is 0 Å². The first kappa shape index (κ1) is 17.8. The molecule has 0 aliphatic carbocycles. The van der Waals surface area contributed by atoms with E-state index in [-0.39, 0.29) is 10.8 Å². The predicted octanol–water partition coefficient (Wildman–Crippen LogP) is 3.49. The smallest absolute Gasteiger partial charge is 0.294 e. The number of nitrogens with zero attached hydrogens (tertiary/aromatic N) is 2. The van der Waals surface area contributed by atoms with Crippen molar-refractivity contribution in [3.8, 4) is 0 Å². The Bertz CT molecular complexity index is 829. The maximum Gasteiger partial charge on any atom is 0.294 e. The van der Waals surface area contributed by atoms with Crippen molar-refractivity contribution < 1.29 is 17.8 Å². The van der Waals surface area contributed by atoms with Crippen LogP contribution >= 0.6 is 0 Å². The van der Waals surface area contributed by atoms with Crippen molar-refractivity contribution in [2.75, 3.05) is 6.54 Å². The molecule has 0 fully saturated rings. The lowest BCUT2D eigenvalue weighted by molar-refractivity contribution is 0.0953. The van der Waals surface area contributed by atoms with E-state index in [1.807, 2.05) is 6.92 Å². The average Bonchev–Trinajstić information content (AvgIpc) is 2.58. The maximum atomic E-state index is 11.8. The first-order chi connectivity index (χ1) is 11.4. The van der Waals surface area contributed by atoms with Crippen LogP contribution in [0.1, 0.15) is 23.7 Å². The van der Waals surface area contributed by atoms with Crippen LogP contribution in [0.25, 0.3) is 0 Å². The molecule has 0 bridgehead atoms. The van der Waals surface area contributed by atoms with Crippen molar-refractivity contribution in [1.29, 1.82) is 0 Å². The highest BCUT2D eigenvalue weighted by Crippen LogP contribution is 2.20. The van der Waals surface area contributed by atoms with Crippen LogP contribution in [0.4, 0.5) is 11.4 Å². The summed E-state index contributed by atoms with van der Waals surface area (Å²) in [5.41, 5.74) is 1.54. The molecule has 2 aromatic rings. The quantitative estimate of drug-likeness (QED) is 0.616. The van der Waals surface area contributed by atoms with Crippen LogP contribution in [0.15, 0.2) is 63.7 Å². The molecule has 2 rings (SSSR count). The van der Waals surface area contributed by atoms with E-state index in [1.54, 1.807) is 24.3 Å². The van der Waals surface area contributed by atoms with Gasteiger partial charge in [0.25, 0.3) is 16.0 Å². The van der Waals surface area contributed by atoms with Gasteiger partial charge in [0.1, 0.15) is 0 Å². The van der Waals surface area contributed by atoms with E-state index in [2.05, 4.69) is 15.5 Å². The van der Waals surface area contributed by atoms with Crippen molar-refractivity contribution in [3.63, 3.8) is 0 Å². The Kier molecular flexibility index (Phi) is 5.78. The monoisotopic (exact) mass is 347 g/mol. The zero-order valence-corrected chi connectivity index (χ0v) is 13.8. The molecule has 0 spiro atoms. The maximum absolute atomic E-state index is 11.8. The molecule has 0 aliphatic heterocycles. The summed E-state index contributed by atoms with van der Waals surface area (Å²) < 4.78 is 30.8. The Morgan fingerprint density at radius 2 is 1.50 bits per heavy atom. The Labute approximate surface area is 140 Å². The second-order valence-corrected chi connectivity index (χ2v) is 6.39. The molecular weight excluding hydrogens is 330 g/mol. The normalized spacial score (nSPS) is 11.6. The van der Waals surface area contributed by atoms with Gasteiger partial charge in [-0.05, 0) is 55.0 Å². The van der Waals surface area contributed by atoms with Crippen LogP contribution in [-0.4, -0.2) is 25.4 Å². The Morgan fingerprint density at radius 3 is 1.96 bits per heavy atom. The third-order valence-corrected chi connectivity index (χ3v) is 3.95. The summed E-state index contributed by atoms with van der Waals surface area (Å²) in [6.45, 7) is 2.60. The van der Waals surface area contributed by atoms with Gasteiger partial charge in [0.05, 0.1) is 16.3 Å². The molecule has 0 atom stereocenters. The molecule has 7 nitrogen and oxygen atoms in total. The van der Waals surface area contributed by atoms with Crippen LogP contribution in [0.2, 0.25) is 0 Å². The summed E-state index contributed by atoms with van der Waals surface area (Å²) in [6.07, 6.45) is 0.869. The number of hydrogen-bond donors (Lipinski definition) is 2. The van der Waals surface area contributed by atoms with E-state index in [9.17, 15) is 13.2 Å². The van der Waals surface area contributed by atoms with Gasteiger partial charge in [-0.2, -0.15) is 18.6 Å². The minimum absolute atomic E-state index is 0.138. The van der Waals surface area contributed by atoms with Gasteiger partial charge in [-0.1, -0.05) is 6.92 Å². The molecule has 0 saturated carbocycles. The largest absolute Gasteiger partial charge is 0.352 e. The Hall–Kier alpha value is -2.58. The number of benzene rings is 2. The van der Waals surface area contributed by atoms with E-state index in [0.29, 0.717) is 23.5 Å². The van der Waals surface area contributed by atoms with Gasteiger partial charge in [0, 0.05) is 12.1 Å². The number of rotatable bonds is 6. The first-order valence-electron chi connectivity index (χ1n) is 7.27. The van der Waals surface area contributed by atoms with Gasteiger partial charge in [-0.15, -0.1) is 0 Å². The fraction of sp³-hybridized carbons (Fsp3) is 0.188. The van der Waals surface area contributed by atoms with Crippen molar-refractivity contribution in [1.82, 2.24) is 5.32 Å². The highest BCUT2D eigenvalue weighted by atomic mass is 32.2. The van der Waals surface area contributed by atoms with Crippen molar-refractivity contribution in [3.05, 3.63) is 54.1 Å². The van der Waals surface area contributed by atoms with Crippen LogP contribution < -0.4 is 5.32 Å². The second-order valence-electron chi connectivity index (χ2n) is 4.97. The lowest BCUT2D eigenvalue weighted by atomic mass is 10.2. The van der Waals surface area contributed by atoms with Gasteiger partial charge in [-0.25, -0.2) is 0 Å².